The van der Waals surface area contributed by atoms with Gasteiger partial charge in [0.25, 0.3) is 0 Å². The third-order valence-electron chi connectivity index (χ3n) is 3.15. The smallest absolute Gasteiger partial charge is 0.242 e. The molecule has 0 saturated carbocycles. The molecule has 1 heterocycles. The summed E-state index contributed by atoms with van der Waals surface area (Å²) < 4.78 is 28.7. The van der Waals surface area contributed by atoms with Crippen molar-refractivity contribution in [3.63, 3.8) is 0 Å². The molecule has 0 radical (unpaired) electrons. The zero-order chi connectivity index (χ0) is 14.5. The number of hydrogen-bond acceptors (Lipinski definition) is 4. The Morgan fingerprint density at radius 1 is 1.42 bits per heavy atom. The fraction of sp³-hybridized carbons (Fsp3) is 0.667. The van der Waals surface area contributed by atoms with E-state index in [4.69, 9.17) is 5.73 Å². The molecule has 1 rings (SSSR count). The Labute approximate surface area is 115 Å². The molecule has 6 nitrogen and oxygen atoms in total. The van der Waals surface area contributed by atoms with Gasteiger partial charge in [0.1, 0.15) is 0 Å². The summed E-state index contributed by atoms with van der Waals surface area (Å²) >= 11 is 0. The summed E-state index contributed by atoms with van der Waals surface area (Å²) in [5, 5.41) is 0. The maximum atomic E-state index is 12.1. The SMILES string of the molecule is CCN(C)CCNS(=O)(=O)c1cc(CN)n(CC)c1. The zero-order valence-electron chi connectivity index (χ0n) is 11.9. The summed E-state index contributed by atoms with van der Waals surface area (Å²) in [6.07, 6.45) is 1.63. The number of sulfonamides is 1. The molecule has 0 bridgehead atoms. The number of hydrogen-bond donors (Lipinski definition) is 2. The lowest BCUT2D eigenvalue weighted by atomic mass is 10.4. The number of nitrogens with zero attached hydrogens (tertiary/aromatic N) is 2. The lowest BCUT2D eigenvalue weighted by Gasteiger charge is -2.13. The molecule has 110 valence electrons. The Hall–Kier alpha value is -0.890. The molecular weight excluding hydrogens is 264 g/mol. The first-order valence-electron chi connectivity index (χ1n) is 6.51. The Morgan fingerprint density at radius 2 is 2.11 bits per heavy atom. The maximum Gasteiger partial charge on any atom is 0.242 e. The van der Waals surface area contributed by atoms with Crippen LogP contribution in [0.1, 0.15) is 19.5 Å². The van der Waals surface area contributed by atoms with Gasteiger partial charge in [-0.2, -0.15) is 0 Å². The van der Waals surface area contributed by atoms with E-state index in [-0.39, 0.29) is 4.90 Å². The van der Waals surface area contributed by atoms with Crippen molar-refractivity contribution >= 4 is 10.0 Å². The zero-order valence-corrected chi connectivity index (χ0v) is 12.7. The van der Waals surface area contributed by atoms with Crippen molar-refractivity contribution in [2.24, 2.45) is 5.73 Å². The molecule has 0 aliphatic carbocycles. The van der Waals surface area contributed by atoms with Crippen LogP contribution >= 0.6 is 0 Å². The van der Waals surface area contributed by atoms with Crippen molar-refractivity contribution in [3.05, 3.63) is 18.0 Å². The van der Waals surface area contributed by atoms with E-state index in [1.165, 1.54) is 0 Å². The summed E-state index contributed by atoms with van der Waals surface area (Å²) in [6.45, 7) is 7.02. The Bertz CT molecular complexity index is 474. The first-order chi connectivity index (χ1) is 8.94. The maximum absolute atomic E-state index is 12.1. The van der Waals surface area contributed by atoms with Crippen LogP contribution in [-0.2, 0) is 23.1 Å². The van der Waals surface area contributed by atoms with E-state index >= 15 is 0 Å². The Balaban J connectivity index is 2.74. The molecule has 7 heteroatoms. The van der Waals surface area contributed by atoms with Gasteiger partial charge in [0.15, 0.2) is 0 Å². The van der Waals surface area contributed by atoms with Crippen molar-refractivity contribution in [1.82, 2.24) is 14.2 Å². The molecule has 1 aromatic rings. The van der Waals surface area contributed by atoms with Crippen LogP contribution in [0.15, 0.2) is 17.2 Å². The van der Waals surface area contributed by atoms with Crippen LogP contribution in [0.2, 0.25) is 0 Å². The number of aromatic nitrogens is 1. The van der Waals surface area contributed by atoms with E-state index in [2.05, 4.69) is 4.72 Å². The minimum Gasteiger partial charge on any atom is -0.349 e. The topological polar surface area (TPSA) is 80.4 Å². The van der Waals surface area contributed by atoms with E-state index in [0.29, 0.717) is 26.2 Å². The molecule has 0 fully saturated rings. The molecule has 0 spiro atoms. The first-order valence-corrected chi connectivity index (χ1v) is 8.00. The van der Waals surface area contributed by atoms with Crippen molar-refractivity contribution < 1.29 is 8.42 Å². The second-order valence-corrected chi connectivity index (χ2v) is 6.22. The van der Waals surface area contributed by atoms with Gasteiger partial charge in [0, 0.05) is 38.1 Å². The standard InChI is InChI=1S/C12H24N4O2S/c1-4-15(3)7-6-14-19(17,18)12-8-11(9-13)16(5-2)10-12/h8,10,14H,4-7,9,13H2,1-3H3. The lowest BCUT2D eigenvalue weighted by molar-refractivity contribution is 0.358. The van der Waals surface area contributed by atoms with Crippen molar-refractivity contribution in [3.8, 4) is 0 Å². The second-order valence-electron chi connectivity index (χ2n) is 4.45. The monoisotopic (exact) mass is 288 g/mol. The highest BCUT2D eigenvalue weighted by Crippen LogP contribution is 2.14. The van der Waals surface area contributed by atoms with Gasteiger partial charge in [-0.15, -0.1) is 0 Å². The summed E-state index contributed by atoms with van der Waals surface area (Å²) in [4.78, 5) is 2.33. The van der Waals surface area contributed by atoms with Crippen LogP contribution in [0.5, 0.6) is 0 Å². The fourth-order valence-electron chi connectivity index (χ4n) is 1.75. The summed E-state index contributed by atoms with van der Waals surface area (Å²) in [5.74, 6) is 0. The van der Waals surface area contributed by atoms with Crippen molar-refractivity contribution in [2.75, 3.05) is 26.7 Å². The van der Waals surface area contributed by atoms with Gasteiger partial charge in [-0.3, -0.25) is 0 Å². The molecule has 0 saturated heterocycles. The number of likely N-dealkylation sites (N-methyl/N-ethyl adjacent to an activating group) is 1. The minimum absolute atomic E-state index is 0.286. The largest absolute Gasteiger partial charge is 0.349 e. The number of nitrogens with one attached hydrogen (secondary N) is 1. The molecule has 0 aromatic carbocycles. The van der Waals surface area contributed by atoms with Crippen molar-refractivity contribution in [1.29, 1.82) is 0 Å². The summed E-state index contributed by atoms with van der Waals surface area (Å²) in [5.41, 5.74) is 6.43. The van der Waals surface area contributed by atoms with E-state index in [1.807, 2.05) is 30.4 Å². The third-order valence-corrected chi connectivity index (χ3v) is 4.57. The van der Waals surface area contributed by atoms with Crippen LogP contribution in [0.4, 0.5) is 0 Å². The Morgan fingerprint density at radius 3 is 2.58 bits per heavy atom. The summed E-state index contributed by atoms with van der Waals surface area (Å²) in [7, 11) is -1.49. The van der Waals surface area contributed by atoms with Crippen molar-refractivity contribution in [2.45, 2.75) is 31.8 Å². The van der Waals surface area contributed by atoms with Gasteiger partial charge in [-0.1, -0.05) is 6.92 Å². The number of nitrogens with two attached hydrogens (primary N) is 1. The van der Waals surface area contributed by atoms with Crippen LogP contribution in [0, 0.1) is 0 Å². The van der Waals surface area contributed by atoms with E-state index < -0.39 is 10.0 Å². The molecule has 0 aliphatic rings. The molecule has 1 aromatic heterocycles. The molecule has 0 atom stereocenters. The lowest BCUT2D eigenvalue weighted by Crippen LogP contribution is -2.32. The van der Waals surface area contributed by atoms with Crippen LogP contribution in [0.25, 0.3) is 0 Å². The second kappa shape index (κ2) is 7.04. The van der Waals surface area contributed by atoms with Gasteiger partial charge < -0.3 is 15.2 Å². The van der Waals surface area contributed by atoms with Gasteiger partial charge in [-0.05, 0) is 26.6 Å². The van der Waals surface area contributed by atoms with Crippen LogP contribution in [0.3, 0.4) is 0 Å². The molecule has 0 aliphatic heterocycles. The third kappa shape index (κ3) is 4.31. The van der Waals surface area contributed by atoms with Gasteiger partial charge in [-0.25, -0.2) is 13.1 Å². The highest BCUT2D eigenvalue weighted by molar-refractivity contribution is 7.89. The Kier molecular flexibility index (Phi) is 5.99. The average Bonchev–Trinajstić information content (AvgIpc) is 2.82. The molecular formula is C12H24N4O2S. The van der Waals surface area contributed by atoms with Gasteiger partial charge in [0.05, 0.1) is 4.90 Å². The average molecular weight is 288 g/mol. The van der Waals surface area contributed by atoms with E-state index in [0.717, 1.165) is 12.2 Å². The highest BCUT2D eigenvalue weighted by atomic mass is 32.2. The van der Waals surface area contributed by atoms with Gasteiger partial charge in [0.2, 0.25) is 10.0 Å². The quantitative estimate of drug-likeness (QED) is 0.716. The summed E-state index contributed by atoms with van der Waals surface area (Å²) in [6, 6.07) is 1.63. The van der Waals surface area contributed by atoms with E-state index in [1.54, 1.807) is 12.3 Å². The normalized spacial score (nSPS) is 12.3. The predicted octanol–water partition coefficient (Wildman–Crippen LogP) is 0.197. The van der Waals surface area contributed by atoms with Gasteiger partial charge >= 0.3 is 0 Å². The van der Waals surface area contributed by atoms with Crippen LogP contribution < -0.4 is 10.5 Å². The molecule has 3 N–H and O–H groups in total. The van der Waals surface area contributed by atoms with Crippen LogP contribution in [-0.4, -0.2) is 44.6 Å². The molecule has 0 amide bonds. The predicted molar refractivity (Wildman–Crippen MR) is 76.4 cm³/mol. The number of aryl methyl sites for hydroxylation is 1. The first kappa shape index (κ1) is 16.2. The fourth-order valence-corrected chi connectivity index (χ4v) is 2.83. The molecule has 19 heavy (non-hydrogen) atoms. The highest BCUT2D eigenvalue weighted by Gasteiger charge is 2.17. The minimum atomic E-state index is -3.44. The van der Waals surface area contributed by atoms with E-state index in [9.17, 15) is 8.42 Å². The molecule has 0 unspecified atom stereocenters. The number of rotatable bonds is 8.